The Balaban J connectivity index is 1.40. The van der Waals surface area contributed by atoms with E-state index in [0.29, 0.717) is 34.6 Å². The van der Waals surface area contributed by atoms with Gasteiger partial charge in [-0.25, -0.2) is 9.67 Å². The van der Waals surface area contributed by atoms with Crippen LogP contribution in [0.25, 0.3) is 5.82 Å². The molecule has 2 aromatic rings. The van der Waals surface area contributed by atoms with Crippen molar-refractivity contribution in [1.29, 1.82) is 0 Å². The Morgan fingerprint density at radius 1 is 1.24 bits per heavy atom. The van der Waals surface area contributed by atoms with E-state index in [1.807, 2.05) is 6.92 Å². The number of ether oxygens (including phenoxy) is 1. The first-order valence-electron chi connectivity index (χ1n) is 14.4. The summed E-state index contributed by atoms with van der Waals surface area (Å²) in [7, 11) is 0. The maximum atomic E-state index is 13.5. The first-order chi connectivity index (χ1) is 19.9. The number of nitrogens with one attached hydrogen (secondary N) is 1. The second-order valence-corrected chi connectivity index (χ2v) is 12.9. The predicted molar refractivity (Wildman–Crippen MR) is 158 cm³/mol. The molecule has 1 saturated heterocycles. The van der Waals surface area contributed by atoms with Gasteiger partial charge in [-0.15, -0.1) is 5.10 Å². The third-order valence-electron chi connectivity index (χ3n) is 8.54. The van der Waals surface area contributed by atoms with E-state index in [1.165, 1.54) is 10.9 Å². The number of aromatic nitrogens is 3. The molecule has 1 amide bonds. The lowest BCUT2D eigenvalue weighted by Crippen LogP contribution is -2.40. The maximum Gasteiger partial charge on any atom is 0.394 e. The minimum Gasteiger partial charge on any atom is -0.477 e. The van der Waals surface area contributed by atoms with Crippen molar-refractivity contribution in [2.45, 2.75) is 77.4 Å². The van der Waals surface area contributed by atoms with E-state index in [1.54, 1.807) is 24.4 Å². The number of nitrogens with two attached hydrogens (primary N) is 1. The Bertz CT molecular complexity index is 1370. The third kappa shape index (κ3) is 6.40. The normalized spacial score (nSPS) is 23.4. The Kier molecular flexibility index (Phi) is 8.51. The fraction of sp³-hybridized carbons (Fsp3) is 0.586. The van der Waals surface area contributed by atoms with Crippen LogP contribution >= 0.6 is 11.9 Å². The van der Waals surface area contributed by atoms with Gasteiger partial charge in [-0.1, -0.05) is 6.42 Å². The fourth-order valence-corrected chi connectivity index (χ4v) is 6.44. The molecule has 2 fully saturated rings. The highest BCUT2D eigenvalue weighted by Crippen LogP contribution is 2.59. The predicted octanol–water partition coefficient (Wildman–Crippen LogP) is 5.81. The zero-order valence-corrected chi connectivity index (χ0v) is 25.0. The molecule has 2 aromatic heterocycles. The summed E-state index contributed by atoms with van der Waals surface area (Å²) in [5, 5.41) is 4.41. The van der Waals surface area contributed by atoms with Crippen molar-refractivity contribution >= 4 is 29.4 Å². The molecule has 9 nitrogen and oxygen atoms in total. The maximum absolute atomic E-state index is 13.5. The van der Waals surface area contributed by atoms with Crippen molar-refractivity contribution in [2.24, 2.45) is 22.1 Å². The molecule has 3 aliphatic rings. The number of nitrogens with zero attached hydrogens (tertiary/aromatic N) is 5. The number of aliphatic imine (C=N–C) groups is 1. The number of carbonyl (C=O) groups excluding carboxylic acids is 1. The van der Waals surface area contributed by atoms with Crippen LogP contribution in [-0.2, 0) is 0 Å². The number of pyridine rings is 1. The zero-order valence-electron chi connectivity index (χ0n) is 24.2. The molecule has 13 heteroatoms. The highest BCUT2D eigenvalue weighted by molar-refractivity contribution is 8.02. The number of allylic oxidation sites excluding steroid dienone is 1. The Morgan fingerprint density at radius 3 is 2.74 bits per heavy atom. The van der Waals surface area contributed by atoms with Crippen LogP contribution in [0.5, 0.6) is 5.88 Å². The average molecular weight is 606 g/mol. The van der Waals surface area contributed by atoms with E-state index in [2.05, 4.69) is 33.6 Å². The Morgan fingerprint density at radius 2 is 2.02 bits per heavy atom. The van der Waals surface area contributed by atoms with Gasteiger partial charge < -0.3 is 15.4 Å². The van der Waals surface area contributed by atoms with Crippen molar-refractivity contribution < 1.29 is 22.7 Å². The van der Waals surface area contributed by atoms with Crippen LogP contribution in [0, 0.1) is 11.3 Å². The van der Waals surface area contributed by atoms with Crippen molar-refractivity contribution in [1.82, 2.24) is 19.5 Å². The summed E-state index contributed by atoms with van der Waals surface area (Å²) in [6, 6.07) is 5.03. The van der Waals surface area contributed by atoms with Gasteiger partial charge in [0.2, 0.25) is 5.88 Å². The zero-order chi connectivity index (χ0) is 30.1. The molecule has 5 rings (SSSR count). The van der Waals surface area contributed by atoms with Gasteiger partial charge in [0.05, 0.1) is 22.5 Å². The van der Waals surface area contributed by atoms with Gasteiger partial charge in [-0.05, 0) is 89.3 Å². The van der Waals surface area contributed by atoms with E-state index >= 15 is 0 Å². The fourth-order valence-electron chi connectivity index (χ4n) is 5.85. The summed E-state index contributed by atoms with van der Waals surface area (Å²) < 4.78 is 49.8. The van der Waals surface area contributed by atoms with Gasteiger partial charge in [0.25, 0.3) is 5.91 Å². The molecule has 1 saturated carbocycles. The van der Waals surface area contributed by atoms with Crippen molar-refractivity contribution in [3.8, 4) is 11.7 Å². The number of rotatable bonds is 5. The molecule has 1 atom stereocenters. The number of carbonyl (C=O) groups is 1. The van der Waals surface area contributed by atoms with Gasteiger partial charge in [0, 0.05) is 42.8 Å². The van der Waals surface area contributed by atoms with E-state index in [4.69, 9.17) is 15.5 Å². The summed E-state index contributed by atoms with van der Waals surface area (Å²) in [5.74, 6) is 1.39. The number of hydrogen-bond donors (Lipinski definition) is 2. The van der Waals surface area contributed by atoms with Crippen molar-refractivity contribution in [3.63, 3.8) is 0 Å². The molecule has 2 aliphatic heterocycles. The van der Waals surface area contributed by atoms with E-state index in [-0.39, 0.29) is 43.2 Å². The van der Waals surface area contributed by atoms with E-state index < -0.39 is 11.6 Å². The lowest BCUT2D eigenvalue weighted by atomic mass is 9.93. The second kappa shape index (κ2) is 11.8. The van der Waals surface area contributed by atoms with Crippen LogP contribution in [0.15, 0.2) is 40.5 Å². The molecule has 0 spiro atoms. The number of hydrogen-bond acceptors (Lipinski definition) is 8. The smallest absolute Gasteiger partial charge is 0.394 e. The molecule has 228 valence electrons. The van der Waals surface area contributed by atoms with Crippen LogP contribution in [-0.4, -0.2) is 57.8 Å². The van der Waals surface area contributed by atoms with E-state index in [9.17, 15) is 18.0 Å². The van der Waals surface area contributed by atoms with E-state index in [0.717, 1.165) is 49.9 Å². The molecular weight excluding hydrogens is 567 g/mol. The van der Waals surface area contributed by atoms with Gasteiger partial charge in [0.15, 0.2) is 5.82 Å². The average Bonchev–Trinajstić information content (AvgIpc) is 3.49. The molecule has 0 radical (unpaired) electrons. The molecule has 4 heterocycles. The van der Waals surface area contributed by atoms with Crippen molar-refractivity contribution in [3.05, 3.63) is 41.1 Å². The first-order valence-corrected chi connectivity index (χ1v) is 15.2. The SMILES string of the molecule is CC1=NCCCCC2CN(c3nc(-n4ccc(OCCC5(C(F)(F)F)CC5)n4)ccc3C(=O)NS/C1=C/N)C(C)(C)C2. The van der Waals surface area contributed by atoms with Crippen LogP contribution in [0.3, 0.4) is 0 Å². The highest BCUT2D eigenvalue weighted by atomic mass is 32.2. The standard InChI is InChI=1S/C29H38F3N7O2S/c1-19-22(17-33)42-37-26(40)21-7-8-23(35-25(21)38-18-20(16-27(38,2)3)6-4-5-13-34-19)39-14-9-24(36-39)41-15-12-28(10-11-28)29(30,31)32/h7-9,14,17,20H,4-6,10-13,15-16,18,33H2,1-3H3,(H,37,40)/b22-17+,34-19?. The number of alkyl halides is 3. The number of fused-ring (bicyclic) bond motifs is 4. The molecular formula is C29H38F3N7O2S. The second-order valence-electron chi connectivity index (χ2n) is 12.0. The van der Waals surface area contributed by atoms with Crippen LogP contribution in [0.1, 0.15) is 76.1 Å². The minimum atomic E-state index is -4.21. The quantitative estimate of drug-likeness (QED) is 0.414. The molecule has 1 aliphatic carbocycles. The number of halogens is 3. The van der Waals surface area contributed by atoms with Gasteiger partial charge in [-0.2, -0.15) is 13.2 Å². The van der Waals surface area contributed by atoms with Gasteiger partial charge >= 0.3 is 6.18 Å². The third-order valence-corrected chi connectivity index (χ3v) is 9.48. The topological polar surface area (TPSA) is 111 Å². The molecule has 3 N–H and O–H groups in total. The summed E-state index contributed by atoms with van der Waals surface area (Å²) >= 11 is 1.13. The first kappa shape index (κ1) is 30.2. The largest absolute Gasteiger partial charge is 0.477 e. The Hall–Kier alpha value is -3.22. The summed E-state index contributed by atoms with van der Waals surface area (Å²) in [5.41, 5.74) is 5.18. The lowest BCUT2D eigenvalue weighted by molar-refractivity contribution is -0.190. The number of anilines is 1. The van der Waals surface area contributed by atoms with Gasteiger partial charge in [0.1, 0.15) is 5.82 Å². The van der Waals surface area contributed by atoms with Crippen molar-refractivity contribution in [2.75, 3.05) is 24.6 Å². The summed E-state index contributed by atoms with van der Waals surface area (Å²) in [6.07, 6.45) is 3.14. The monoisotopic (exact) mass is 605 g/mol. The summed E-state index contributed by atoms with van der Waals surface area (Å²) in [4.78, 5) is 25.9. The molecule has 42 heavy (non-hydrogen) atoms. The number of amides is 1. The minimum absolute atomic E-state index is 0.0707. The lowest BCUT2D eigenvalue weighted by Gasteiger charge is -2.34. The van der Waals surface area contributed by atoms with Crippen LogP contribution in [0.4, 0.5) is 19.0 Å². The van der Waals surface area contributed by atoms with Gasteiger partial charge in [-0.3, -0.25) is 14.5 Å². The molecule has 2 bridgehead atoms. The highest BCUT2D eigenvalue weighted by Gasteiger charge is 2.62. The molecule has 0 aromatic carbocycles. The van der Waals surface area contributed by atoms with Crippen LogP contribution in [0.2, 0.25) is 0 Å². The molecule has 1 unspecified atom stereocenters. The Labute approximate surface area is 248 Å². The summed E-state index contributed by atoms with van der Waals surface area (Å²) in [6.45, 7) is 7.62. The van der Waals surface area contributed by atoms with Crippen LogP contribution < -0.4 is 20.1 Å².